The molecule has 190 valence electrons. The first kappa shape index (κ1) is 25.6. The van der Waals surface area contributed by atoms with E-state index in [9.17, 15) is 12.8 Å². The molecule has 4 rings (SSSR count). The summed E-state index contributed by atoms with van der Waals surface area (Å²) in [5, 5.41) is 6.03. The van der Waals surface area contributed by atoms with Gasteiger partial charge in [-0.15, -0.1) is 0 Å². The minimum absolute atomic E-state index is 0.00188. The van der Waals surface area contributed by atoms with Crippen LogP contribution in [0.25, 0.3) is 0 Å². The van der Waals surface area contributed by atoms with E-state index in [1.165, 1.54) is 23.9 Å². The second-order valence-electron chi connectivity index (χ2n) is 9.91. The molecule has 1 unspecified atom stereocenters. The van der Waals surface area contributed by atoms with E-state index in [1.54, 1.807) is 18.2 Å². The van der Waals surface area contributed by atoms with Gasteiger partial charge in [0.15, 0.2) is 10.8 Å². The van der Waals surface area contributed by atoms with Gasteiger partial charge >= 0.3 is 0 Å². The van der Waals surface area contributed by atoms with Gasteiger partial charge in [-0.05, 0) is 52.4 Å². The molecule has 2 aliphatic rings. The Morgan fingerprint density at radius 3 is 2.54 bits per heavy atom. The van der Waals surface area contributed by atoms with E-state index >= 15 is 3.89 Å². The lowest BCUT2D eigenvalue weighted by molar-refractivity contribution is 0.379. The first-order chi connectivity index (χ1) is 16.5. The van der Waals surface area contributed by atoms with E-state index in [2.05, 4.69) is 46.1 Å². The van der Waals surface area contributed by atoms with Crippen LogP contribution in [-0.2, 0) is 23.1 Å². The van der Waals surface area contributed by atoms with Gasteiger partial charge in [0, 0.05) is 36.6 Å². The van der Waals surface area contributed by atoms with Crippen LogP contribution in [0, 0.1) is 11.2 Å². The molecule has 0 radical (unpaired) electrons. The van der Waals surface area contributed by atoms with Crippen LogP contribution in [0.3, 0.4) is 0 Å². The standard InChI is InChI=1S/C24H31F2N5O2S2/c1-24(2,3)15-27-13-17-7-6-8-20(25)19(17)14-29-23-22(30-16-34(23,26)18-10-11-18)31-35(32,33)21-9-4-5-12-28-21/h4-9,12,16,18,27,29,31H,10-11,13-15H2,1-3H3. The van der Waals surface area contributed by atoms with Crippen molar-refractivity contribution in [1.82, 2.24) is 20.3 Å². The average Bonchev–Trinajstić information content (AvgIpc) is 3.60. The third-order valence-electron chi connectivity index (χ3n) is 5.63. The van der Waals surface area contributed by atoms with E-state index in [4.69, 9.17) is 0 Å². The van der Waals surface area contributed by atoms with E-state index < -0.39 is 26.3 Å². The van der Waals surface area contributed by atoms with Gasteiger partial charge in [-0.2, -0.15) is 12.3 Å². The van der Waals surface area contributed by atoms with Gasteiger partial charge in [0.05, 0.1) is 5.55 Å². The summed E-state index contributed by atoms with van der Waals surface area (Å²) in [5.41, 5.74) is 2.44. The Morgan fingerprint density at radius 2 is 1.89 bits per heavy atom. The predicted octanol–water partition coefficient (Wildman–Crippen LogP) is 4.44. The summed E-state index contributed by atoms with van der Waals surface area (Å²) in [6.07, 6.45) is 2.76. The zero-order valence-electron chi connectivity index (χ0n) is 20.0. The molecule has 1 atom stereocenters. The molecule has 0 spiro atoms. The van der Waals surface area contributed by atoms with Gasteiger partial charge in [-0.3, -0.25) is 4.72 Å². The Balaban J connectivity index is 1.58. The Hall–Kier alpha value is -2.50. The number of sulfonamides is 1. The quantitative estimate of drug-likeness (QED) is 0.428. The Kier molecular flexibility index (Phi) is 7.21. The lowest BCUT2D eigenvalue weighted by Gasteiger charge is -2.27. The summed E-state index contributed by atoms with van der Waals surface area (Å²) in [6, 6.07) is 9.34. The number of benzene rings is 1. The van der Waals surface area contributed by atoms with Crippen LogP contribution >= 0.6 is 10.4 Å². The van der Waals surface area contributed by atoms with Crippen molar-refractivity contribution >= 4 is 26.0 Å². The molecular weight excluding hydrogens is 492 g/mol. The maximum atomic E-state index is 16.1. The fourth-order valence-electron chi connectivity index (χ4n) is 3.71. The first-order valence-electron chi connectivity index (χ1n) is 11.4. The average molecular weight is 524 g/mol. The van der Waals surface area contributed by atoms with Crippen molar-refractivity contribution in [2.75, 3.05) is 6.54 Å². The molecule has 1 aliphatic carbocycles. The van der Waals surface area contributed by atoms with Crippen molar-refractivity contribution in [3.8, 4) is 0 Å². The van der Waals surface area contributed by atoms with Crippen LogP contribution in [0.1, 0.15) is 44.7 Å². The summed E-state index contributed by atoms with van der Waals surface area (Å²) in [7, 11) is -7.06. The van der Waals surface area contributed by atoms with Crippen LogP contribution < -0.4 is 15.4 Å². The van der Waals surface area contributed by atoms with Crippen molar-refractivity contribution in [3.63, 3.8) is 0 Å². The summed E-state index contributed by atoms with van der Waals surface area (Å²) >= 11 is 0. The molecule has 1 aliphatic heterocycles. The van der Waals surface area contributed by atoms with E-state index in [1.807, 2.05) is 6.07 Å². The largest absolute Gasteiger partial charge is 0.372 e. The van der Waals surface area contributed by atoms with Crippen LogP contribution in [0.4, 0.5) is 8.28 Å². The van der Waals surface area contributed by atoms with Crippen molar-refractivity contribution in [1.29, 1.82) is 0 Å². The molecular formula is C24H31F2N5O2S2. The Labute approximate surface area is 207 Å². The van der Waals surface area contributed by atoms with Gasteiger partial charge in [-0.1, -0.05) is 39.0 Å². The van der Waals surface area contributed by atoms with Crippen molar-refractivity contribution in [2.24, 2.45) is 10.4 Å². The number of aromatic nitrogens is 1. The molecule has 2 aromatic rings. The minimum atomic E-state index is -4.07. The predicted molar refractivity (Wildman–Crippen MR) is 136 cm³/mol. The third-order valence-corrected chi connectivity index (χ3v) is 9.70. The zero-order chi connectivity index (χ0) is 25.3. The molecule has 1 aromatic carbocycles. The van der Waals surface area contributed by atoms with Crippen LogP contribution in [-0.4, -0.2) is 30.7 Å². The molecule has 35 heavy (non-hydrogen) atoms. The lowest BCUT2D eigenvalue weighted by Crippen LogP contribution is -2.29. The van der Waals surface area contributed by atoms with Crippen molar-refractivity contribution in [2.45, 2.75) is 57.0 Å². The summed E-state index contributed by atoms with van der Waals surface area (Å²) in [6.45, 7) is 7.52. The molecule has 3 N–H and O–H groups in total. The van der Waals surface area contributed by atoms with Crippen molar-refractivity contribution < 1.29 is 16.7 Å². The first-order valence-corrected chi connectivity index (χ1v) is 14.6. The second kappa shape index (κ2) is 9.87. The molecule has 0 bridgehead atoms. The van der Waals surface area contributed by atoms with Gasteiger partial charge < -0.3 is 10.6 Å². The molecule has 11 heteroatoms. The highest BCUT2D eigenvalue weighted by molar-refractivity contribution is 8.43. The monoisotopic (exact) mass is 523 g/mol. The Bertz CT molecular complexity index is 1240. The van der Waals surface area contributed by atoms with Gasteiger partial charge in [0.1, 0.15) is 10.8 Å². The number of nitrogens with one attached hydrogen (secondary N) is 3. The molecule has 1 aromatic heterocycles. The van der Waals surface area contributed by atoms with Crippen LogP contribution in [0.5, 0.6) is 0 Å². The fourth-order valence-corrected chi connectivity index (χ4v) is 7.13. The van der Waals surface area contributed by atoms with Crippen LogP contribution in [0.2, 0.25) is 0 Å². The van der Waals surface area contributed by atoms with E-state index in [-0.39, 0.29) is 33.1 Å². The molecule has 2 heterocycles. The highest BCUT2D eigenvalue weighted by atomic mass is 32.3. The summed E-state index contributed by atoms with van der Waals surface area (Å²) in [5.74, 6) is -0.516. The number of halogens is 2. The van der Waals surface area contributed by atoms with E-state index in [0.29, 0.717) is 24.9 Å². The second-order valence-corrected chi connectivity index (χ2v) is 14.1. The van der Waals surface area contributed by atoms with Gasteiger partial charge in [0.25, 0.3) is 10.0 Å². The SMILES string of the molecule is CC(C)(C)CNCc1cccc(F)c1CNC1=C(NS(=O)(=O)c2ccccn2)N=CS1(F)C1CC1. The minimum Gasteiger partial charge on any atom is -0.372 e. The maximum Gasteiger partial charge on any atom is 0.280 e. The third kappa shape index (κ3) is 6.02. The molecule has 7 nitrogen and oxygen atoms in total. The zero-order valence-corrected chi connectivity index (χ0v) is 21.6. The number of aliphatic imine (C=N–C) groups is 1. The highest BCUT2D eigenvalue weighted by Gasteiger charge is 2.48. The summed E-state index contributed by atoms with van der Waals surface area (Å²) in [4.78, 5) is 7.98. The van der Waals surface area contributed by atoms with Crippen molar-refractivity contribution in [3.05, 3.63) is 70.4 Å². The number of rotatable bonds is 10. The maximum absolute atomic E-state index is 16.1. The highest BCUT2D eigenvalue weighted by Crippen LogP contribution is 2.68. The number of pyridine rings is 1. The summed E-state index contributed by atoms with van der Waals surface area (Å²) < 4.78 is 58.9. The van der Waals surface area contributed by atoms with Crippen LogP contribution in [0.15, 0.2) is 63.5 Å². The number of hydrogen-bond donors (Lipinski definition) is 3. The number of hydrogen-bond acceptors (Lipinski definition) is 6. The van der Waals surface area contributed by atoms with Gasteiger partial charge in [-0.25, -0.2) is 14.4 Å². The number of nitrogens with zero attached hydrogens (tertiary/aromatic N) is 2. The molecule has 1 saturated carbocycles. The normalized spacial score (nSPS) is 22.2. The lowest BCUT2D eigenvalue weighted by atomic mass is 9.96. The van der Waals surface area contributed by atoms with E-state index in [0.717, 1.165) is 12.1 Å². The fraction of sp³-hybridized carbons (Fsp3) is 0.417. The molecule has 1 fully saturated rings. The smallest absolute Gasteiger partial charge is 0.280 e. The Morgan fingerprint density at radius 1 is 1.11 bits per heavy atom. The molecule has 0 saturated heterocycles. The topological polar surface area (TPSA) is 95.5 Å². The van der Waals surface area contributed by atoms with Gasteiger partial charge in [0.2, 0.25) is 0 Å². The molecule has 0 amide bonds.